The maximum Gasteiger partial charge on any atom is 0.183 e. The molecule has 1 N–H and O–H groups in total. The Bertz CT molecular complexity index is 748. The molecule has 2 aromatic heterocycles. The number of anilines is 1. The Labute approximate surface area is 137 Å². The van der Waals surface area contributed by atoms with Crippen molar-refractivity contribution in [1.29, 1.82) is 0 Å². The van der Waals surface area contributed by atoms with Gasteiger partial charge in [-0.15, -0.1) is 5.10 Å². The number of aromatic nitrogens is 4. The van der Waals surface area contributed by atoms with E-state index in [0.29, 0.717) is 11.2 Å². The van der Waals surface area contributed by atoms with E-state index in [9.17, 15) is 0 Å². The van der Waals surface area contributed by atoms with Crippen molar-refractivity contribution in [1.82, 2.24) is 20.2 Å². The summed E-state index contributed by atoms with van der Waals surface area (Å²) < 4.78 is 8.76. The van der Waals surface area contributed by atoms with Crippen molar-refractivity contribution in [2.24, 2.45) is 7.05 Å². The summed E-state index contributed by atoms with van der Waals surface area (Å²) in [4.78, 5) is 0. The molecule has 0 saturated carbocycles. The quantitative estimate of drug-likeness (QED) is 0.708. The molecule has 21 heavy (non-hydrogen) atoms. The van der Waals surface area contributed by atoms with Crippen LogP contribution in [0.3, 0.4) is 0 Å². The number of rotatable bonds is 4. The maximum absolute atomic E-state index is 5.53. The van der Waals surface area contributed by atoms with E-state index in [2.05, 4.69) is 52.7 Å². The van der Waals surface area contributed by atoms with Crippen molar-refractivity contribution in [3.05, 3.63) is 45.2 Å². The third-order valence-corrected chi connectivity index (χ3v) is 4.61. The smallest absolute Gasteiger partial charge is 0.183 e. The maximum atomic E-state index is 5.53. The van der Waals surface area contributed by atoms with Crippen molar-refractivity contribution in [2.75, 3.05) is 5.32 Å². The third kappa shape index (κ3) is 3.16. The summed E-state index contributed by atoms with van der Waals surface area (Å²) in [5.41, 5.74) is 1.92. The lowest BCUT2D eigenvalue weighted by Gasteiger charge is -2.06. The summed E-state index contributed by atoms with van der Waals surface area (Å²) in [7, 11) is 1.81. The van der Waals surface area contributed by atoms with Gasteiger partial charge in [-0.1, -0.05) is 12.1 Å². The SMILES string of the molecule is Cn1nnnc1-c1cccc(NCc2cc(Br)c(Br)o2)c1. The molecule has 2 heterocycles. The molecule has 0 aliphatic carbocycles. The van der Waals surface area contributed by atoms with Gasteiger partial charge in [0.05, 0.1) is 11.0 Å². The monoisotopic (exact) mass is 411 g/mol. The van der Waals surface area contributed by atoms with Crippen LogP contribution in [0.2, 0.25) is 0 Å². The van der Waals surface area contributed by atoms with Gasteiger partial charge in [-0.3, -0.25) is 0 Å². The number of halogens is 2. The second-order valence-electron chi connectivity index (χ2n) is 4.39. The Morgan fingerprint density at radius 2 is 2.14 bits per heavy atom. The zero-order valence-corrected chi connectivity index (χ0v) is 14.2. The Hall–Kier alpha value is -1.67. The predicted octanol–water partition coefficient (Wildman–Crippen LogP) is 3.61. The minimum atomic E-state index is 0.588. The van der Waals surface area contributed by atoms with Crippen molar-refractivity contribution < 1.29 is 4.42 Å². The zero-order valence-electron chi connectivity index (χ0n) is 11.0. The minimum absolute atomic E-state index is 0.588. The van der Waals surface area contributed by atoms with Crippen LogP contribution in [-0.2, 0) is 13.6 Å². The lowest BCUT2D eigenvalue weighted by Crippen LogP contribution is -1.99. The first-order valence-electron chi connectivity index (χ1n) is 6.14. The van der Waals surface area contributed by atoms with Crippen LogP contribution < -0.4 is 5.32 Å². The van der Waals surface area contributed by atoms with Gasteiger partial charge in [0.1, 0.15) is 5.76 Å². The molecule has 0 radical (unpaired) electrons. The number of hydrogen-bond acceptors (Lipinski definition) is 5. The van der Waals surface area contributed by atoms with E-state index < -0.39 is 0 Å². The first-order chi connectivity index (χ1) is 10.1. The number of nitrogens with one attached hydrogen (secondary N) is 1. The highest BCUT2D eigenvalue weighted by Crippen LogP contribution is 2.27. The number of tetrazole rings is 1. The van der Waals surface area contributed by atoms with Crippen LogP contribution in [0.5, 0.6) is 0 Å². The molecule has 0 saturated heterocycles. The minimum Gasteiger partial charge on any atom is -0.451 e. The number of nitrogens with zero attached hydrogens (tertiary/aromatic N) is 4. The number of benzene rings is 1. The first-order valence-corrected chi connectivity index (χ1v) is 7.72. The van der Waals surface area contributed by atoms with Crippen LogP contribution in [0, 0.1) is 0 Å². The Balaban J connectivity index is 1.76. The third-order valence-electron chi connectivity index (χ3n) is 2.90. The Morgan fingerprint density at radius 3 is 2.81 bits per heavy atom. The van der Waals surface area contributed by atoms with Gasteiger partial charge in [0.15, 0.2) is 10.5 Å². The van der Waals surface area contributed by atoms with Crippen LogP contribution in [0.15, 0.2) is 43.9 Å². The summed E-state index contributed by atoms with van der Waals surface area (Å²) in [6.45, 7) is 0.588. The summed E-state index contributed by atoms with van der Waals surface area (Å²) in [6.07, 6.45) is 0. The van der Waals surface area contributed by atoms with E-state index in [1.165, 1.54) is 0 Å². The molecule has 0 amide bonds. The average Bonchev–Trinajstić information content (AvgIpc) is 3.03. The lowest BCUT2D eigenvalue weighted by atomic mass is 10.2. The molecule has 6 nitrogen and oxygen atoms in total. The molecule has 3 rings (SSSR count). The standard InChI is InChI=1S/C13H11Br2N5O/c1-20-13(17-18-19-20)8-3-2-4-9(5-8)16-7-10-6-11(14)12(15)21-10/h2-6,16H,7H2,1H3. The molecule has 0 spiro atoms. The largest absolute Gasteiger partial charge is 0.451 e. The van der Waals surface area contributed by atoms with Gasteiger partial charge in [0, 0.05) is 18.3 Å². The van der Waals surface area contributed by atoms with Crippen molar-refractivity contribution in [2.45, 2.75) is 6.54 Å². The molecule has 0 atom stereocenters. The fourth-order valence-corrected chi connectivity index (χ4v) is 2.57. The molecule has 0 unspecified atom stereocenters. The van der Waals surface area contributed by atoms with Crippen LogP contribution >= 0.6 is 31.9 Å². The van der Waals surface area contributed by atoms with Gasteiger partial charge in [-0.2, -0.15) is 0 Å². The van der Waals surface area contributed by atoms with Crippen LogP contribution in [0.1, 0.15) is 5.76 Å². The Morgan fingerprint density at radius 1 is 1.29 bits per heavy atom. The number of furan rings is 1. The molecule has 0 fully saturated rings. The van der Waals surface area contributed by atoms with Crippen LogP contribution in [0.4, 0.5) is 5.69 Å². The van der Waals surface area contributed by atoms with Gasteiger partial charge in [-0.05, 0) is 60.5 Å². The van der Waals surface area contributed by atoms with E-state index in [1.54, 1.807) is 4.68 Å². The lowest BCUT2D eigenvalue weighted by molar-refractivity contribution is 0.494. The van der Waals surface area contributed by atoms with Crippen molar-refractivity contribution in [3.8, 4) is 11.4 Å². The molecule has 108 valence electrons. The highest BCUT2D eigenvalue weighted by atomic mass is 79.9. The predicted molar refractivity (Wildman–Crippen MR) is 85.7 cm³/mol. The van der Waals surface area contributed by atoms with E-state index >= 15 is 0 Å². The van der Waals surface area contributed by atoms with Gasteiger partial charge in [0.25, 0.3) is 0 Å². The van der Waals surface area contributed by atoms with Gasteiger partial charge in [-0.25, -0.2) is 4.68 Å². The molecular weight excluding hydrogens is 402 g/mol. The summed E-state index contributed by atoms with van der Waals surface area (Å²) in [5, 5.41) is 14.8. The topological polar surface area (TPSA) is 68.8 Å². The Kier molecular flexibility index (Phi) is 4.07. The number of hydrogen-bond donors (Lipinski definition) is 1. The van der Waals surface area contributed by atoms with E-state index in [4.69, 9.17) is 4.42 Å². The molecule has 3 aromatic rings. The molecule has 8 heteroatoms. The second kappa shape index (κ2) is 5.98. The summed E-state index contributed by atoms with van der Waals surface area (Å²) in [6, 6.07) is 9.84. The van der Waals surface area contributed by atoms with Gasteiger partial charge in [0.2, 0.25) is 0 Å². The highest BCUT2D eigenvalue weighted by Gasteiger charge is 2.08. The van der Waals surface area contributed by atoms with E-state index in [-0.39, 0.29) is 0 Å². The summed E-state index contributed by atoms with van der Waals surface area (Å²) in [5.74, 6) is 1.56. The number of aryl methyl sites for hydroxylation is 1. The van der Waals surface area contributed by atoms with Crippen LogP contribution in [-0.4, -0.2) is 20.2 Å². The van der Waals surface area contributed by atoms with Gasteiger partial charge < -0.3 is 9.73 Å². The first kappa shape index (κ1) is 14.3. The molecule has 0 aliphatic heterocycles. The van der Waals surface area contributed by atoms with Crippen LogP contribution in [0.25, 0.3) is 11.4 Å². The molecule has 0 bridgehead atoms. The molecule has 0 aliphatic rings. The van der Waals surface area contributed by atoms with Crippen molar-refractivity contribution >= 4 is 37.5 Å². The average molecular weight is 413 g/mol. The molecular formula is C13H11Br2N5O. The van der Waals surface area contributed by atoms with E-state index in [1.807, 2.05) is 37.4 Å². The fraction of sp³-hybridized carbons (Fsp3) is 0.154. The summed E-state index contributed by atoms with van der Waals surface area (Å²) >= 11 is 6.72. The highest BCUT2D eigenvalue weighted by molar-refractivity contribution is 9.13. The zero-order chi connectivity index (χ0) is 14.8. The van der Waals surface area contributed by atoms with E-state index in [0.717, 1.165) is 27.3 Å². The van der Waals surface area contributed by atoms with Gasteiger partial charge >= 0.3 is 0 Å². The molecule has 1 aromatic carbocycles. The fourth-order valence-electron chi connectivity index (χ4n) is 1.91. The normalized spacial score (nSPS) is 10.8. The van der Waals surface area contributed by atoms with Crippen molar-refractivity contribution in [3.63, 3.8) is 0 Å². The second-order valence-corrected chi connectivity index (χ2v) is 5.97.